The van der Waals surface area contributed by atoms with Crippen LogP contribution < -0.4 is 10.6 Å². The second-order valence-corrected chi connectivity index (χ2v) is 6.69. The number of hydrogen-bond acceptors (Lipinski definition) is 6. The van der Waals surface area contributed by atoms with Gasteiger partial charge in [0, 0.05) is 38.9 Å². The lowest BCUT2D eigenvalue weighted by Crippen LogP contribution is -2.46. The van der Waals surface area contributed by atoms with Gasteiger partial charge in [0.05, 0.1) is 9.40 Å². The van der Waals surface area contributed by atoms with Crippen LogP contribution >= 0.6 is 15.9 Å². The van der Waals surface area contributed by atoms with Gasteiger partial charge in [0.2, 0.25) is 5.82 Å². The van der Waals surface area contributed by atoms with E-state index in [-0.39, 0.29) is 17.3 Å². The average molecular weight is 410 g/mol. The average Bonchev–Trinajstić information content (AvgIpc) is 2.59. The van der Waals surface area contributed by atoms with Crippen LogP contribution in [0.25, 0.3) is 0 Å². The van der Waals surface area contributed by atoms with Crippen LogP contribution in [0.2, 0.25) is 0 Å². The van der Waals surface area contributed by atoms with E-state index >= 15 is 0 Å². The molecule has 1 aliphatic heterocycles. The first-order chi connectivity index (χ1) is 12.0. The van der Waals surface area contributed by atoms with E-state index in [0.29, 0.717) is 23.2 Å². The summed E-state index contributed by atoms with van der Waals surface area (Å²) in [6.45, 7) is 3.45. The fourth-order valence-corrected chi connectivity index (χ4v) is 3.48. The molecule has 0 atom stereocenters. The van der Waals surface area contributed by atoms with Crippen LogP contribution in [-0.4, -0.2) is 41.0 Å². The van der Waals surface area contributed by atoms with E-state index in [9.17, 15) is 14.5 Å². The molecule has 2 aromatic rings. The lowest BCUT2D eigenvalue weighted by molar-refractivity contribution is -0.383. The van der Waals surface area contributed by atoms with Gasteiger partial charge in [-0.3, -0.25) is 15.0 Å². The highest BCUT2D eigenvalue weighted by atomic mass is 79.9. The standard InChI is InChI=1S/C16H17BrFN5O2/c17-13-9-20-16(19)15(23(24)25)14(13)22-7-5-21(6-8-22)10-11-1-3-12(18)4-2-11/h1-4,9H,5-8,10H2,(H2,19,20). The van der Waals surface area contributed by atoms with Crippen molar-refractivity contribution in [1.82, 2.24) is 9.88 Å². The monoisotopic (exact) mass is 409 g/mol. The summed E-state index contributed by atoms with van der Waals surface area (Å²) in [5, 5.41) is 11.4. The van der Waals surface area contributed by atoms with Gasteiger partial charge < -0.3 is 10.6 Å². The minimum Gasteiger partial charge on any atom is -0.378 e. The molecule has 0 aliphatic carbocycles. The lowest BCUT2D eigenvalue weighted by Gasteiger charge is -2.36. The van der Waals surface area contributed by atoms with Crippen LogP contribution in [0.5, 0.6) is 0 Å². The van der Waals surface area contributed by atoms with Gasteiger partial charge >= 0.3 is 5.69 Å². The molecule has 0 saturated carbocycles. The highest BCUT2D eigenvalue weighted by Crippen LogP contribution is 2.39. The van der Waals surface area contributed by atoms with Gasteiger partial charge in [-0.15, -0.1) is 0 Å². The van der Waals surface area contributed by atoms with E-state index < -0.39 is 4.92 Å². The maximum Gasteiger partial charge on any atom is 0.335 e. The Bertz CT molecular complexity index is 779. The molecule has 7 nitrogen and oxygen atoms in total. The van der Waals surface area contributed by atoms with Crippen molar-refractivity contribution in [2.24, 2.45) is 0 Å². The topological polar surface area (TPSA) is 88.5 Å². The summed E-state index contributed by atoms with van der Waals surface area (Å²) in [6.07, 6.45) is 1.49. The Balaban J connectivity index is 1.71. The molecule has 2 heterocycles. The zero-order valence-electron chi connectivity index (χ0n) is 13.4. The molecule has 0 unspecified atom stereocenters. The minimum absolute atomic E-state index is 0.0862. The van der Waals surface area contributed by atoms with E-state index in [0.717, 1.165) is 25.2 Å². The molecule has 1 aromatic heterocycles. The first-order valence-corrected chi connectivity index (χ1v) is 8.55. The predicted molar refractivity (Wildman–Crippen MR) is 96.9 cm³/mol. The van der Waals surface area contributed by atoms with E-state index in [1.54, 1.807) is 12.1 Å². The molecule has 0 amide bonds. The van der Waals surface area contributed by atoms with Crippen molar-refractivity contribution in [3.63, 3.8) is 0 Å². The zero-order valence-corrected chi connectivity index (χ0v) is 14.9. The molecule has 25 heavy (non-hydrogen) atoms. The van der Waals surface area contributed by atoms with Crippen LogP contribution in [-0.2, 0) is 6.54 Å². The summed E-state index contributed by atoms with van der Waals surface area (Å²) in [5.41, 5.74) is 7.04. The number of pyridine rings is 1. The molecule has 0 radical (unpaired) electrons. The van der Waals surface area contributed by atoms with Crippen LogP contribution in [0.3, 0.4) is 0 Å². The number of nitro groups is 1. The summed E-state index contributed by atoms with van der Waals surface area (Å²) in [4.78, 5) is 18.9. The van der Waals surface area contributed by atoms with Crippen molar-refractivity contribution < 1.29 is 9.31 Å². The number of anilines is 2. The summed E-state index contributed by atoms with van der Waals surface area (Å²) in [5.74, 6) is -0.335. The van der Waals surface area contributed by atoms with Crippen molar-refractivity contribution in [1.29, 1.82) is 0 Å². The smallest absolute Gasteiger partial charge is 0.335 e. The first kappa shape index (κ1) is 17.6. The van der Waals surface area contributed by atoms with Gasteiger partial charge in [-0.25, -0.2) is 9.37 Å². The van der Waals surface area contributed by atoms with Gasteiger partial charge in [-0.1, -0.05) is 12.1 Å². The number of rotatable bonds is 4. The third-order valence-corrected chi connectivity index (χ3v) is 4.78. The van der Waals surface area contributed by atoms with Crippen LogP contribution in [0.1, 0.15) is 5.56 Å². The lowest BCUT2D eigenvalue weighted by atomic mass is 10.2. The minimum atomic E-state index is -0.493. The third-order valence-electron chi connectivity index (χ3n) is 4.20. The van der Waals surface area contributed by atoms with Crippen molar-refractivity contribution >= 4 is 33.1 Å². The molecule has 0 bridgehead atoms. The summed E-state index contributed by atoms with van der Waals surface area (Å²) < 4.78 is 13.5. The van der Waals surface area contributed by atoms with Crippen LogP contribution in [0.4, 0.5) is 21.6 Å². The number of hydrogen-bond donors (Lipinski definition) is 1. The van der Waals surface area contributed by atoms with E-state index in [2.05, 4.69) is 25.8 Å². The molecule has 1 aromatic carbocycles. The van der Waals surface area contributed by atoms with E-state index in [1.807, 2.05) is 4.90 Å². The predicted octanol–water partition coefficient (Wildman–Crippen LogP) is 2.80. The highest BCUT2D eigenvalue weighted by Gasteiger charge is 2.29. The number of nitrogens with two attached hydrogens (primary N) is 1. The number of halogens is 2. The fraction of sp³-hybridized carbons (Fsp3) is 0.312. The molecule has 0 spiro atoms. The summed E-state index contributed by atoms with van der Waals surface area (Å²) in [6, 6.07) is 6.44. The molecule has 1 fully saturated rings. The van der Waals surface area contributed by atoms with Gasteiger partial charge in [0.15, 0.2) is 0 Å². The summed E-state index contributed by atoms with van der Waals surface area (Å²) >= 11 is 3.35. The molecular weight excluding hydrogens is 393 g/mol. The van der Waals surface area contributed by atoms with Crippen molar-refractivity contribution in [2.75, 3.05) is 36.8 Å². The Kier molecular flexibility index (Phi) is 5.14. The number of nitrogen functional groups attached to an aromatic ring is 1. The maximum atomic E-state index is 13.0. The normalized spacial score (nSPS) is 15.4. The number of benzene rings is 1. The fourth-order valence-electron chi connectivity index (χ4n) is 2.94. The molecule has 132 valence electrons. The second kappa shape index (κ2) is 7.32. The SMILES string of the molecule is Nc1ncc(Br)c(N2CCN(Cc3ccc(F)cc3)CC2)c1[N+](=O)[O-]. The van der Waals surface area contributed by atoms with Crippen LogP contribution in [0, 0.1) is 15.9 Å². The molecule has 1 saturated heterocycles. The van der Waals surface area contributed by atoms with E-state index in [4.69, 9.17) is 5.73 Å². The van der Waals surface area contributed by atoms with Crippen molar-refractivity contribution in [2.45, 2.75) is 6.54 Å². The van der Waals surface area contributed by atoms with Gasteiger partial charge in [-0.2, -0.15) is 0 Å². The maximum absolute atomic E-state index is 13.0. The van der Waals surface area contributed by atoms with Crippen molar-refractivity contribution in [3.8, 4) is 0 Å². The highest BCUT2D eigenvalue weighted by molar-refractivity contribution is 9.10. The number of nitrogens with zero attached hydrogens (tertiary/aromatic N) is 4. The van der Waals surface area contributed by atoms with Crippen LogP contribution in [0.15, 0.2) is 34.9 Å². The second-order valence-electron chi connectivity index (χ2n) is 5.84. The molecule has 3 rings (SSSR count). The summed E-state index contributed by atoms with van der Waals surface area (Å²) in [7, 11) is 0. The first-order valence-electron chi connectivity index (χ1n) is 7.76. The molecule has 2 N–H and O–H groups in total. The number of aromatic nitrogens is 1. The Labute approximate surface area is 152 Å². The molecule has 1 aliphatic rings. The Hall–Kier alpha value is -2.26. The number of piperazine rings is 1. The quantitative estimate of drug-likeness (QED) is 0.616. The zero-order chi connectivity index (χ0) is 18.0. The third kappa shape index (κ3) is 3.88. The van der Waals surface area contributed by atoms with Gasteiger partial charge in [0.1, 0.15) is 11.5 Å². The van der Waals surface area contributed by atoms with Gasteiger partial charge in [-0.05, 0) is 33.6 Å². The Morgan fingerprint density at radius 1 is 1.24 bits per heavy atom. The Morgan fingerprint density at radius 2 is 1.88 bits per heavy atom. The van der Waals surface area contributed by atoms with Crippen molar-refractivity contribution in [3.05, 3.63) is 56.4 Å². The Morgan fingerprint density at radius 3 is 2.48 bits per heavy atom. The molecular formula is C16H17BrFN5O2. The van der Waals surface area contributed by atoms with E-state index in [1.165, 1.54) is 18.3 Å². The molecule has 9 heteroatoms. The largest absolute Gasteiger partial charge is 0.378 e. The van der Waals surface area contributed by atoms with Gasteiger partial charge in [0.25, 0.3) is 0 Å².